The minimum absolute atomic E-state index is 0.235. The van der Waals surface area contributed by atoms with Gasteiger partial charge in [-0.05, 0) is 70.6 Å². The van der Waals surface area contributed by atoms with E-state index >= 15 is 0 Å². The SMILES string of the molecule is CCCCCCC/C=C\C/C=C\C/C=C\CCCCCCCCCCCCCCCCCCC(=O)NC(COC1OC(CO)C(OC2OC(CO)C(OC3OC(CO)C(O)C(O)C3O)C(O)C2O)C(O)C1O)C(O)/C=C/CC/C=C/CCCCCCCCCCCCC. The normalized spacial score (nSPS) is 27.9. The van der Waals surface area contributed by atoms with Gasteiger partial charge in [0.05, 0.1) is 38.6 Å². The standard InChI is InChI=1S/C74H133NO18/c1-3-5-7-9-11-13-15-17-19-21-22-23-24-25-26-27-28-29-30-31-32-33-34-36-38-40-42-44-46-48-50-52-62(80)75-57(58(79)51-49-47-45-43-41-39-37-35-20-18-16-14-12-10-8-6-4-2)56-88-72-68(86)65(83)70(60(54-77)90-72)93-74-69(87)66(84)71(61(55-78)91-74)92-73-67(85)64(82)63(81)59(53-76)89-73/h15,17,21-22,24-25,41,43,49,51,57-61,63-74,76-79,81-87H,3-14,16,18-20,23,26-40,42,44-48,50,52-56H2,1-2H3,(H,75,80)/b17-15-,22-21-,25-24-,43-41+,51-49+. The molecule has 3 aliphatic rings. The molecule has 0 aromatic rings. The second-order valence-electron chi connectivity index (χ2n) is 26.4. The van der Waals surface area contributed by atoms with Crippen molar-refractivity contribution in [1.29, 1.82) is 0 Å². The van der Waals surface area contributed by atoms with Crippen molar-refractivity contribution in [1.82, 2.24) is 5.32 Å². The van der Waals surface area contributed by atoms with Gasteiger partial charge in [0.2, 0.25) is 5.91 Å². The van der Waals surface area contributed by atoms with Crippen molar-refractivity contribution in [3.05, 3.63) is 60.8 Å². The molecule has 17 atom stereocenters. The fourth-order valence-electron chi connectivity index (χ4n) is 12.3. The molecule has 0 aromatic heterocycles. The summed E-state index contributed by atoms with van der Waals surface area (Å²) in [4.78, 5) is 13.4. The summed E-state index contributed by atoms with van der Waals surface area (Å²) in [6.45, 7) is 1.72. The molecule has 17 unspecified atom stereocenters. The van der Waals surface area contributed by atoms with Crippen LogP contribution in [0.4, 0.5) is 0 Å². The second-order valence-corrected chi connectivity index (χ2v) is 26.4. The molecule has 3 saturated heterocycles. The van der Waals surface area contributed by atoms with Crippen molar-refractivity contribution in [2.24, 2.45) is 0 Å². The van der Waals surface area contributed by atoms with Crippen molar-refractivity contribution < 1.29 is 89.4 Å². The van der Waals surface area contributed by atoms with E-state index in [2.05, 4.69) is 67.8 Å². The molecule has 1 amide bonds. The topological polar surface area (TPSA) is 307 Å². The van der Waals surface area contributed by atoms with Crippen LogP contribution in [-0.2, 0) is 33.2 Å². The van der Waals surface area contributed by atoms with Gasteiger partial charge in [-0.2, -0.15) is 0 Å². The molecule has 12 N–H and O–H groups in total. The van der Waals surface area contributed by atoms with Crippen molar-refractivity contribution in [3.8, 4) is 0 Å². The first-order valence-electron chi connectivity index (χ1n) is 37.0. The van der Waals surface area contributed by atoms with Gasteiger partial charge in [-0.25, -0.2) is 0 Å². The van der Waals surface area contributed by atoms with Crippen LogP contribution in [0.5, 0.6) is 0 Å². The summed E-state index contributed by atoms with van der Waals surface area (Å²) in [6.07, 6.45) is 42.0. The molecule has 0 radical (unpaired) electrons. The maximum atomic E-state index is 13.4. The lowest BCUT2D eigenvalue weighted by Gasteiger charge is -2.48. The highest BCUT2D eigenvalue weighted by Crippen LogP contribution is 2.33. The van der Waals surface area contributed by atoms with E-state index in [9.17, 15) is 61.0 Å². The number of rotatable bonds is 57. The molecule has 3 fully saturated rings. The third-order valence-corrected chi connectivity index (χ3v) is 18.3. The second kappa shape index (κ2) is 55.4. The average Bonchev–Trinajstić information content (AvgIpc) is 0.900. The summed E-state index contributed by atoms with van der Waals surface area (Å²) in [7, 11) is 0. The Morgan fingerprint density at radius 3 is 1.15 bits per heavy atom. The van der Waals surface area contributed by atoms with Gasteiger partial charge in [0.15, 0.2) is 18.9 Å². The first kappa shape index (κ1) is 84.7. The van der Waals surface area contributed by atoms with E-state index in [0.29, 0.717) is 12.8 Å². The Hall–Kier alpha value is -2.51. The number of unbranched alkanes of at least 4 members (excludes halogenated alkanes) is 33. The zero-order chi connectivity index (χ0) is 67.5. The molecule has 0 aliphatic carbocycles. The van der Waals surface area contributed by atoms with Crippen LogP contribution in [-0.4, -0.2) is 193 Å². The van der Waals surface area contributed by atoms with E-state index in [0.717, 1.165) is 51.4 Å². The summed E-state index contributed by atoms with van der Waals surface area (Å²) >= 11 is 0. The van der Waals surface area contributed by atoms with Gasteiger partial charge in [0.25, 0.3) is 0 Å². The Kier molecular flexibility index (Phi) is 50.4. The van der Waals surface area contributed by atoms with Crippen LogP contribution in [0.3, 0.4) is 0 Å². The smallest absolute Gasteiger partial charge is 0.220 e. The highest BCUT2D eigenvalue weighted by Gasteiger charge is 2.53. The van der Waals surface area contributed by atoms with E-state index in [4.69, 9.17) is 28.4 Å². The van der Waals surface area contributed by atoms with Crippen molar-refractivity contribution in [2.45, 2.75) is 375 Å². The summed E-state index contributed by atoms with van der Waals surface area (Å²) in [6, 6.07) is -0.992. The van der Waals surface area contributed by atoms with Crippen LogP contribution in [0.25, 0.3) is 0 Å². The number of ether oxygens (including phenoxy) is 6. The van der Waals surface area contributed by atoms with Crippen LogP contribution >= 0.6 is 0 Å². The zero-order valence-electron chi connectivity index (χ0n) is 57.5. The van der Waals surface area contributed by atoms with Crippen LogP contribution in [0.15, 0.2) is 60.8 Å². The van der Waals surface area contributed by atoms with E-state index in [1.165, 1.54) is 186 Å². The zero-order valence-corrected chi connectivity index (χ0v) is 57.5. The molecule has 0 saturated carbocycles. The number of aliphatic hydroxyl groups is 11. The Morgan fingerprint density at radius 2 is 0.720 bits per heavy atom. The van der Waals surface area contributed by atoms with E-state index in [1.54, 1.807) is 6.08 Å². The molecule has 93 heavy (non-hydrogen) atoms. The van der Waals surface area contributed by atoms with E-state index in [-0.39, 0.29) is 18.9 Å². The lowest BCUT2D eigenvalue weighted by atomic mass is 9.96. The predicted octanol–water partition coefficient (Wildman–Crippen LogP) is 10.7. The van der Waals surface area contributed by atoms with Crippen molar-refractivity contribution in [2.75, 3.05) is 26.4 Å². The minimum Gasteiger partial charge on any atom is -0.394 e. The molecular weight excluding hydrogens is 1190 g/mol. The third-order valence-electron chi connectivity index (χ3n) is 18.3. The summed E-state index contributed by atoms with van der Waals surface area (Å²) < 4.78 is 34.4. The molecule has 0 aromatic carbocycles. The number of carbonyl (C=O) groups is 1. The van der Waals surface area contributed by atoms with Gasteiger partial charge in [-0.15, -0.1) is 0 Å². The van der Waals surface area contributed by atoms with Gasteiger partial charge in [-0.1, -0.05) is 254 Å². The Bertz CT molecular complexity index is 1920. The summed E-state index contributed by atoms with van der Waals surface area (Å²) in [5, 5.41) is 121. The highest BCUT2D eigenvalue weighted by atomic mass is 16.8. The molecule has 0 spiro atoms. The monoisotopic (exact) mass is 1320 g/mol. The average molecular weight is 1320 g/mol. The molecule has 3 rings (SSSR count). The quantitative estimate of drug-likeness (QED) is 0.0199. The minimum atomic E-state index is -1.98. The van der Waals surface area contributed by atoms with Gasteiger partial charge in [0, 0.05) is 6.42 Å². The molecule has 3 heterocycles. The third kappa shape index (κ3) is 36.8. The van der Waals surface area contributed by atoms with Gasteiger partial charge in [0.1, 0.15) is 73.2 Å². The molecule has 3 aliphatic heterocycles. The Balaban J connectivity index is 1.39. The maximum absolute atomic E-state index is 13.4. The fourth-order valence-corrected chi connectivity index (χ4v) is 12.3. The van der Waals surface area contributed by atoms with Gasteiger partial charge < -0.3 is 89.9 Å². The molecular formula is C74H133NO18. The summed E-state index contributed by atoms with van der Waals surface area (Å²) in [5.74, 6) is -0.284. The van der Waals surface area contributed by atoms with E-state index in [1.807, 2.05) is 6.08 Å². The van der Waals surface area contributed by atoms with Crippen LogP contribution in [0, 0.1) is 0 Å². The number of allylic oxidation sites excluding steroid dienone is 9. The van der Waals surface area contributed by atoms with Crippen LogP contribution in [0.1, 0.15) is 271 Å². The maximum Gasteiger partial charge on any atom is 0.220 e. The Morgan fingerprint density at radius 1 is 0.387 bits per heavy atom. The van der Waals surface area contributed by atoms with E-state index < -0.39 is 124 Å². The number of carbonyl (C=O) groups excluding carboxylic acids is 1. The first-order valence-corrected chi connectivity index (χ1v) is 37.0. The fraction of sp³-hybridized carbons (Fsp3) is 0.851. The van der Waals surface area contributed by atoms with Crippen LogP contribution < -0.4 is 5.32 Å². The summed E-state index contributed by atoms with van der Waals surface area (Å²) in [5.41, 5.74) is 0. The molecule has 0 bridgehead atoms. The number of aliphatic hydroxyl groups excluding tert-OH is 11. The molecule has 19 nitrogen and oxygen atoms in total. The van der Waals surface area contributed by atoms with Gasteiger partial charge >= 0.3 is 0 Å². The number of nitrogens with one attached hydrogen (secondary N) is 1. The Labute approximate surface area is 560 Å². The first-order chi connectivity index (χ1) is 45.3. The largest absolute Gasteiger partial charge is 0.394 e. The molecule has 542 valence electrons. The molecule has 19 heteroatoms. The van der Waals surface area contributed by atoms with Crippen molar-refractivity contribution in [3.63, 3.8) is 0 Å². The number of amides is 1. The lowest BCUT2D eigenvalue weighted by Crippen LogP contribution is -2.66. The van der Waals surface area contributed by atoms with Crippen molar-refractivity contribution >= 4 is 5.91 Å². The van der Waals surface area contributed by atoms with Gasteiger partial charge in [-0.3, -0.25) is 4.79 Å². The predicted molar refractivity (Wildman–Crippen MR) is 365 cm³/mol. The highest BCUT2D eigenvalue weighted by molar-refractivity contribution is 5.76. The lowest BCUT2D eigenvalue weighted by molar-refractivity contribution is -0.379. The number of hydrogen-bond acceptors (Lipinski definition) is 18. The van der Waals surface area contributed by atoms with Crippen LogP contribution in [0.2, 0.25) is 0 Å². The number of hydrogen-bond donors (Lipinski definition) is 12.